The fraction of sp³-hybridized carbons (Fsp3) is 1.00. The highest BCUT2D eigenvalue weighted by molar-refractivity contribution is 4.77. The quantitative estimate of drug-likeness (QED) is 0.632. The van der Waals surface area contributed by atoms with Gasteiger partial charge in [0.1, 0.15) is 0 Å². The van der Waals surface area contributed by atoms with Gasteiger partial charge < -0.3 is 10.1 Å². The summed E-state index contributed by atoms with van der Waals surface area (Å²) in [7, 11) is 0. The van der Waals surface area contributed by atoms with Crippen LogP contribution < -0.4 is 5.32 Å². The molecule has 1 aliphatic carbocycles. The lowest BCUT2D eigenvalue weighted by atomic mass is 9.77. The molecule has 1 saturated carbocycles. The summed E-state index contributed by atoms with van der Waals surface area (Å²) in [5.41, 5.74) is 0. The summed E-state index contributed by atoms with van der Waals surface area (Å²) in [4.78, 5) is 0. The van der Waals surface area contributed by atoms with Gasteiger partial charge in [-0.05, 0) is 57.0 Å². The van der Waals surface area contributed by atoms with Crippen LogP contribution in [0, 0.1) is 17.8 Å². The second-order valence-electron chi connectivity index (χ2n) is 6.20. The van der Waals surface area contributed by atoms with Gasteiger partial charge in [-0.2, -0.15) is 0 Å². The van der Waals surface area contributed by atoms with E-state index >= 15 is 0 Å². The van der Waals surface area contributed by atoms with Crippen LogP contribution in [0.2, 0.25) is 0 Å². The lowest BCUT2D eigenvalue weighted by Crippen LogP contribution is -2.32. The van der Waals surface area contributed by atoms with Crippen molar-refractivity contribution in [1.82, 2.24) is 5.32 Å². The fourth-order valence-electron chi connectivity index (χ4n) is 3.08. The van der Waals surface area contributed by atoms with Gasteiger partial charge in [0.2, 0.25) is 0 Å². The number of rotatable bonds is 9. The molecular formula is C16H33NO. The van der Waals surface area contributed by atoms with Gasteiger partial charge in [-0.15, -0.1) is 0 Å². The summed E-state index contributed by atoms with van der Waals surface area (Å²) in [6, 6.07) is 0. The van der Waals surface area contributed by atoms with E-state index in [-0.39, 0.29) is 0 Å². The summed E-state index contributed by atoms with van der Waals surface area (Å²) in [5, 5.41) is 3.65. The van der Waals surface area contributed by atoms with Crippen molar-refractivity contribution in [3.8, 4) is 0 Å². The monoisotopic (exact) mass is 255 g/mol. The maximum atomic E-state index is 5.46. The van der Waals surface area contributed by atoms with E-state index < -0.39 is 0 Å². The van der Waals surface area contributed by atoms with Crippen LogP contribution in [0.25, 0.3) is 0 Å². The predicted octanol–water partition coefficient (Wildman–Crippen LogP) is 3.86. The molecule has 0 heterocycles. The van der Waals surface area contributed by atoms with Crippen molar-refractivity contribution in [3.05, 3.63) is 0 Å². The summed E-state index contributed by atoms with van der Waals surface area (Å²) in [5.74, 6) is 2.63. The zero-order valence-corrected chi connectivity index (χ0v) is 12.7. The lowest BCUT2D eigenvalue weighted by Gasteiger charge is -2.32. The molecule has 18 heavy (non-hydrogen) atoms. The zero-order chi connectivity index (χ0) is 13.2. The molecule has 0 spiro atoms. The summed E-state index contributed by atoms with van der Waals surface area (Å²) in [6.45, 7) is 10.9. The van der Waals surface area contributed by atoms with Crippen LogP contribution in [0.15, 0.2) is 0 Å². The number of hydrogen-bond acceptors (Lipinski definition) is 2. The van der Waals surface area contributed by atoms with Gasteiger partial charge in [0.15, 0.2) is 0 Å². The molecule has 1 aliphatic rings. The molecule has 0 amide bonds. The highest BCUT2D eigenvalue weighted by Gasteiger charge is 2.24. The third kappa shape index (κ3) is 6.75. The number of nitrogens with one attached hydrogen (secondary N) is 1. The Morgan fingerprint density at radius 2 is 1.89 bits per heavy atom. The lowest BCUT2D eigenvalue weighted by molar-refractivity contribution is 0.128. The van der Waals surface area contributed by atoms with Crippen molar-refractivity contribution in [2.75, 3.05) is 26.3 Å². The van der Waals surface area contributed by atoms with E-state index in [0.717, 1.165) is 31.0 Å². The van der Waals surface area contributed by atoms with E-state index in [1.165, 1.54) is 51.6 Å². The Bertz CT molecular complexity index is 194. The Hall–Kier alpha value is -0.0800. The van der Waals surface area contributed by atoms with Crippen LogP contribution in [-0.4, -0.2) is 26.3 Å². The molecule has 2 nitrogen and oxygen atoms in total. The van der Waals surface area contributed by atoms with Crippen molar-refractivity contribution in [2.45, 2.75) is 59.3 Å². The van der Waals surface area contributed by atoms with E-state index in [0.29, 0.717) is 0 Å². The molecule has 1 rings (SSSR count). The molecule has 0 aromatic rings. The minimum Gasteiger partial charge on any atom is -0.382 e. The van der Waals surface area contributed by atoms with E-state index in [2.05, 4.69) is 26.1 Å². The first-order valence-corrected chi connectivity index (χ1v) is 8.02. The van der Waals surface area contributed by atoms with Crippen LogP contribution in [0.1, 0.15) is 59.3 Å². The molecule has 1 N–H and O–H groups in total. The molecule has 108 valence electrons. The molecule has 0 bridgehead atoms. The summed E-state index contributed by atoms with van der Waals surface area (Å²) in [6.07, 6.45) is 8.38. The Morgan fingerprint density at radius 3 is 2.56 bits per heavy atom. The summed E-state index contributed by atoms with van der Waals surface area (Å²) < 4.78 is 5.46. The molecule has 0 aromatic heterocycles. The van der Waals surface area contributed by atoms with Crippen molar-refractivity contribution < 1.29 is 4.74 Å². The smallest absolute Gasteiger partial charge is 0.0465 e. The maximum Gasteiger partial charge on any atom is 0.0465 e. The molecule has 2 unspecified atom stereocenters. The van der Waals surface area contributed by atoms with Gasteiger partial charge in [-0.25, -0.2) is 0 Å². The number of hydrogen-bond donors (Lipinski definition) is 1. The van der Waals surface area contributed by atoms with Crippen LogP contribution in [0.3, 0.4) is 0 Å². The minimum atomic E-state index is 0.769. The van der Waals surface area contributed by atoms with E-state index in [1.54, 1.807) is 0 Å². The molecule has 0 aromatic carbocycles. The van der Waals surface area contributed by atoms with E-state index in [4.69, 9.17) is 4.74 Å². The average Bonchev–Trinajstić information content (AvgIpc) is 2.36. The molecule has 1 fully saturated rings. The normalized spacial score (nSPS) is 24.7. The van der Waals surface area contributed by atoms with Gasteiger partial charge >= 0.3 is 0 Å². The molecule has 0 aliphatic heterocycles. The first-order valence-electron chi connectivity index (χ1n) is 8.02. The zero-order valence-electron chi connectivity index (χ0n) is 12.7. The Kier molecular flexibility index (Phi) is 8.70. The van der Waals surface area contributed by atoms with Crippen LogP contribution in [0.4, 0.5) is 0 Å². The minimum absolute atomic E-state index is 0.769. The third-order valence-electron chi connectivity index (χ3n) is 4.09. The van der Waals surface area contributed by atoms with Gasteiger partial charge in [0.25, 0.3) is 0 Å². The molecule has 0 saturated heterocycles. The van der Waals surface area contributed by atoms with Gasteiger partial charge in [0.05, 0.1) is 0 Å². The largest absolute Gasteiger partial charge is 0.382 e. The molecule has 2 atom stereocenters. The fourth-order valence-corrected chi connectivity index (χ4v) is 3.08. The standard InChI is InChI=1S/C16H33NO/c1-4-18-11-7-10-15-8-5-6-9-16(15)13-17-12-14(2)3/h14-17H,4-13H2,1-3H3. The molecular weight excluding hydrogens is 222 g/mol. The van der Waals surface area contributed by atoms with Crippen molar-refractivity contribution in [3.63, 3.8) is 0 Å². The highest BCUT2D eigenvalue weighted by Crippen LogP contribution is 2.32. The first-order chi connectivity index (χ1) is 8.74. The topological polar surface area (TPSA) is 21.3 Å². The second kappa shape index (κ2) is 9.80. The summed E-state index contributed by atoms with van der Waals surface area (Å²) >= 11 is 0. The Labute approximate surface area is 114 Å². The Balaban J connectivity index is 2.19. The van der Waals surface area contributed by atoms with Crippen molar-refractivity contribution in [1.29, 1.82) is 0 Å². The van der Waals surface area contributed by atoms with Crippen molar-refractivity contribution >= 4 is 0 Å². The highest BCUT2D eigenvalue weighted by atomic mass is 16.5. The molecule has 0 radical (unpaired) electrons. The predicted molar refractivity (Wildman–Crippen MR) is 78.9 cm³/mol. The van der Waals surface area contributed by atoms with Gasteiger partial charge in [-0.3, -0.25) is 0 Å². The van der Waals surface area contributed by atoms with Gasteiger partial charge in [-0.1, -0.05) is 33.1 Å². The Morgan fingerprint density at radius 1 is 1.17 bits per heavy atom. The van der Waals surface area contributed by atoms with E-state index in [1.807, 2.05) is 0 Å². The van der Waals surface area contributed by atoms with Crippen LogP contribution in [0.5, 0.6) is 0 Å². The maximum absolute atomic E-state index is 5.46. The SMILES string of the molecule is CCOCCCC1CCCCC1CNCC(C)C. The van der Waals surface area contributed by atoms with Gasteiger partial charge in [0, 0.05) is 13.2 Å². The van der Waals surface area contributed by atoms with Crippen LogP contribution in [-0.2, 0) is 4.74 Å². The molecule has 2 heteroatoms. The van der Waals surface area contributed by atoms with E-state index in [9.17, 15) is 0 Å². The van der Waals surface area contributed by atoms with Crippen LogP contribution >= 0.6 is 0 Å². The van der Waals surface area contributed by atoms with Crippen molar-refractivity contribution in [2.24, 2.45) is 17.8 Å². The average molecular weight is 255 g/mol. The second-order valence-corrected chi connectivity index (χ2v) is 6.20. The third-order valence-corrected chi connectivity index (χ3v) is 4.09. The number of ether oxygens (including phenoxy) is 1. The first kappa shape index (κ1) is 16.0.